The quantitative estimate of drug-likeness (QED) is 0.862. The highest BCUT2D eigenvalue weighted by molar-refractivity contribution is 6.34. The molecule has 3 rings (SSSR count). The summed E-state index contributed by atoms with van der Waals surface area (Å²) in [7, 11) is 0. The third-order valence-electron chi connectivity index (χ3n) is 4.39. The van der Waals surface area contributed by atoms with Gasteiger partial charge < -0.3 is 20.1 Å². The smallest absolute Gasteiger partial charge is 0.321 e. The number of nitrogens with one attached hydrogen (secondary N) is 1. The number of carboxylic acids is 1. The Bertz CT molecular complexity index is 639. The van der Waals surface area contributed by atoms with E-state index in [1.807, 2.05) is 0 Å². The first-order chi connectivity index (χ1) is 10.4. The van der Waals surface area contributed by atoms with Gasteiger partial charge in [0.05, 0.1) is 29.6 Å². The monoisotopic (exact) mass is 325 g/mol. The van der Waals surface area contributed by atoms with Gasteiger partial charge in [0.25, 0.3) is 0 Å². The average molecular weight is 326 g/mol. The van der Waals surface area contributed by atoms with Crippen LogP contribution in [0.15, 0.2) is 12.3 Å². The van der Waals surface area contributed by atoms with E-state index in [9.17, 15) is 14.7 Å². The van der Waals surface area contributed by atoms with Gasteiger partial charge in [0, 0.05) is 25.2 Å². The summed E-state index contributed by atoms with van der Waals surface area (Å²) in [4.78, 5) is 29.5. The van der Waals surface area contributed by atoms with Crippen molar-refractivity contribution in [2.45, 2.75) is 6.92 Å². The van der Waals surface area contributed by atoms with Crippen LogP contribution in [0.25, 0.3) is 0 Å². The molecule has 0 aromatic carbocycles. The number of pyridine rings is 1. The van der Waals surface area contributed by atoms with Gasteiger partial charge in [-0.25, -0.2) is 4.79 Å². The van der Waals surface area contributed by atoms with Crippen molar-refractivity contribution >= 4 is 29.3 Å². The molecule has 1 aromatic heterocycles. The minimum atomic E-state index is -0.991. The Kier molecular flexibility index (Phi) is 3.70. The number of aryl methyl sites for hydroxylation is 1. The fraction of sp³-hybridized carbons (Fsp3) is 0.500. The second kappa shape index (κ2) is 5.40. The Morgan fingerprint density at radius 3 is 3.05 bits per heavy atom. The van der Waals surface area contributed by atoms with Crippen LogP contribution in [0.1, 0.15) is 5.69 Å². The van der Waals surface area contributed by atoms with E-state index in [2.05, 4.69) is 10.3 Å². The standard InChI is InChI=1S/C14H16ClN3O4/c1-8-11(15)10(2-3-16-8)17-13(21)18-4-9-5-22-7-14(9,6-18)12(19)20/h2-3,9H,4-7H2,1H3,(H,19,20)(H,16,17,21)/t9-,14-/m1/s1. The summed E-state index contributed by atoms with van der Waals surface area (Å²) in [6.45, 7) is 2.76. The Hall–Kier alpha value is -1.86. The highest BCUT2D eigenvalue weighted by Gasteiger charge is 2.57. The lowest BCUT2D eigenvalue weighted by Crippen LogP contribution is -2.41. The van der Waals surface area contributed by atoms with Crippen molar-refractivity contribution in [3.63, 3.8) is 0 Å². The van der Waals surface area contributed by atoms with Gasteiger partial charge in [-0.2, -0.15) is 0 Å². The Morgan fingerprint density at radius 2 is 2.36 bits per heavy atom. The van der Waals surface area contributed by atoms with E-state index < -0.39 is 11.4 Å². The number of aromatic nitrogens is 1. The first kappa shape index (κ1) is 15.1. The predicted octanol–water partition coefficient (Wildman–Crippen LogP) is 1.61. The number of carbonyl (C=O) groups is 2. The molecule has 0 bridgehead atoms. The fourth-order valence-electron chi connectivity index (χ4n) is 3.03. The number of aliphatic carboxylic acids is 1. The number of hydrogen-bond donors (Lipinski definition) is 2. The molecule has 22 heavy (non-hydrogen) atoms. The van der Waals surface area contributed by atoms with Gasteiger partial charge in [-0.05, 0) is 13.0 Å². The van der Waals surface area contributed by atoms with E-state index in [1.54, 1.807) is 19.2 Å². The number of urea groups is 1. The van der Waals surface area contributed by atoms with Crippen molar-refractivity contribution < 1.29 is 19.4 Å². The van der Waals surface area contributed by atoms with Crippen molar-refractivity contribution in [1.82, 2.24) is 9.88 Å². The molecule has 7 nitrogen and oxygen atoms in total. The number of carboxylic acid groups (broad SMARTS) is 1. The summed E-state index contributed by atoms with van der Waals surface area (Å²) in [5, 5.41) is 12.6. The van der Waals surface area contributed by atoms with E-state index in [4.69, 9.17) is 16.3 Å². The van der Waals surface area contributed by atoms with E-state index in [1.165, 1.54) is 4.90 Å². The molecule has 0 unspecified atom stereocenters. The molecule has 1 aromatic rings. The molecule has 2 atom stereocenters. The molecule has 0 aliphatic carbocycles. The van der Waals surface area contributed by atoms with Crippen LogP contribution in [0, 0.1) is 18.3 Å². The molecule has 118 valence electrons. The van der Waals surface area contributed by atoms with Gasteiger partial charge in [0.1, 0.15) is 5.41 Å². The molecule has 3 heterocycles. The number of anilines is 1. The molecule has 0 spiro atoms. The molecular weight excluding hydrogens is 310 g/mol. The molecule has 0 radical (unpaired) electrons. The van der Waals surface area contributed by atoms with Gasteiger partial charge in [-0.15, -0.1) is 0 Å². The van der Waals surface area contributed by atoms with Gasteiger partial charge in [0.15, 0.2) is 0 Å². The van der Waals surface area contributed by atoms with Crippen molar-refractivity contribution in [3.05, 3.63) is 23.0 Å². The van der Waals surface area contributed by atoms with Crippen molar-refractivity contribution in [2.24, 2.45) is 11.3 Å². The highest BCUT2D eigenvalue weighted by Crippen LogP contribution is 2.41. The Morgan fingerprint density at radius 1 is 1.59 bits per heavy atom. The molecule has 2 amide bonds. The third-order valence-corrected chi connectivity index (χ3v) is 4.87. The summed E-state index contributed by atoms with van der Waals surface area (Å²) in [6, 6.07) is 1.25. The average Bonchev–Trinajstić information content (AvgIpc) is 3.01. The van der Waals surface area contributed by atoms with Crippen LogP contribution in [0.5, 0.6) is 0 Å². The summed E-state index contributed by atoms with van der Waals surface area (Å²) >= 11 is 6.11. The van der Waals surface area contributed by atoms with Crippen molar-refractivity contribution in [1.29, 1.82) is 0 Å². The molecule has 2 aliphatic rings. The second-order valence-corrected chi connectivity index (χ2v) is 6.12. The van der Waals surface area contributed by atoms with Gasteiger partial charge in [-0.1, -0.05) is 11.6 Å². The van der Waals surface area contributed by atoms with Gasteiger partial charge in [-0.3, -0.25) is 9.78 Å². The molecule has 0 saturated carbocycles. The summed E-state index contributed by atoms with van der Waals surface area (Å²) in [6.07, 6.45) is 1.56. The number of carbonyl (C=O) groups excluding carboxylic acids is 1. The molecule has 2 fully saturated rings. The van der Waals surface area contributed by atoms with E-state index in [0.29, 0.717) is 29.6 Å². The minimum absolute atomic E-state index is 0.139. The molecular formula is C14H16ClN3O4. The van der Waals surface area contributed by atoms with Crippen LogP contribution < -0.4 is 5.32 Å². The number of halogens is 1. The van der Waals surface area contributed by atoms with Gasteiger partial charge >= 0.3 is 12.0 Å². The van der Waals surface area contributed by atoms with E-state index in [-0.39, 0.29) is 25.1 Å². The Labute approximate surface area is 132 Å². The van der Waals surface area contributed by atoms with Crippen LogP contribution in [-0.2, 0) is 9.53 Å². The zero-order valence-electron chi connectivity index (χ0n) is 12.0. The minimum Gasteiger partial charge on any atom is -0.481 e. The maximum atomic E-state index is 12.4. The van der Waals surface area contributed by atoms with Gasteiger partial charge in [0.2, 0.25) is 0 Å². The van der Waals surface area contributed by atoms with Crippen molar-refractivity contribution in [2.75, 3.05) is 31.6 Å². The summed E-state index contributed by atoms with van der Waals surface area (Å²) in [5.74, 6) is -1.09. The lowest BCUT2D eigenvalue weighted by atomic mass is 9.81. The lowest BCUT2D eigenvalue weighted by Gasteiger charge is -2.22. The predicted molar refractivity (Wildman–Crippen MR) is 79.0 cm³/mol. The summed E-state index contributed by atoms with van der Waals surface area (Å²) in [5.41, 5.74) is 0.0972. The van der Waals surface area contributed by atoms with Crippen LogP contribution in [0.3, 0.4) is 0 Å². The number of fused-ring (bicyclic) bond motifs is 1. The SMILES string of the molecule is Cc1nccc(NC(=O)N2C[C@@H]3COC[C@]3(C(=O)O)C2)c1Cl. The normalized spacial score (nSPS) is 26.8. The Balaban J connectivity index is 1.75. The zero-order chi connectivity index (χ0) is 15.9. The molecule has 2 aliphatic heterocycles. The van der Waals surface area contributed by atoms with Crippen LogP contribution in [0.4, 0.5) is 10.5 Å². The number of amides is 2. The summed E-state index contributed by atoms with van der Waals surface area (Å²) < 4.78 is 5.29. The number of likely N-dealkylation sites (tertiary alicyclic amines) is 1. The molecule has 2 saturated heterocycles. The molecule has 2 N–H and O–H groups in total. The highest BCUT2D eigenvalue weighted by atomic mass is 35.5. The van der Waals surface area contributed by atoms with Crippen molar-refractivity contribution in [3.8, 4) is 0 Å². The maximum absolute atomic E-state index is 12.4. The second-order valence-electron chi connectivity index (χ2n) is 5.74. The third kappa shape index (κ3) is 2.30. The number of rotatable bonds is 2. The molecule has 8 heteroatoms. The topological polar surface area (TPSA) is 91.8 Å². The number of nitrogens with zero attached hydrogens (tertiary/aromatic N) is 2. The lowest BCUT2D eigenvalue weighted by molar-refractivity contribution is -0.149. The van der Waals surface area contributed by atoms with Crippen LogP contribution >= 0.6 is 11.6 Å². The number of ether oxygens (including phenoxy) is 1. The zero-order valence-corrected chi connectivity index (χ0v) is 12.8. The largest absolute Gasteiger partial charge is 0.481 e. The van der Waals surface area contributed by atoms with E-state index in [0.717, 1.165) is 0 Å². The first-order valence-electron chi connectivity index (χ1n) is 6.92. The first-order valence-corrected chi connectivity index (χ1v) is 7.30. The van der Waals surface area contributed by atoms with E-state index >= 15 is 0 Å². The maximum Gasteiger partial charge on any atom is 0.321 e. The number of hydrogen-bond acceptors (Lipinski definition) is 4. The fourth-order valence-corrected chi connectivity index (χ4v) is 3.19. The van der Waals surface area contributed by atoms with Crippen LogP contribution in [-0.4, -0.2) is 53.3 Å². The van der Waals surface area contributed by atoms with Crippen LogP contribution in [0.2, 0.25) is 5.02 Å².